The van der Waals surface area contributed by atoms with Crippen LogP contribution in [0.5, 0.6) is 11.5 Å². The number of amides is 2. The highest BCUT2D eigenvalue weighted by Crippen LogP contribution is 2.34. The van der Waals surface area contributed by atoms with Crippen LogP contribution in [0, 0.1) is 0 Å². The van der Waals surface area contributed by atoms with Gasteiger partial charge in [0.15, 0.2) is 6.10 Å². The van der Waals surface area contributed by atoms with Crippen LogP contribution in [0.1, 0.15) is 24.9 Å². The smallest absolute Gasteiger partial charge is 0.263 e. The lowest BCUT2D eigenvalue weighted by atomic mass is 10.00. The molecule has 6 nitrogen and oxygen atoms in total. The first-order valence-electron chi connectivity index (χ1n) is 8.69. The van der Waals surface area contributed by atoms with E-state index >= 15 is 0 Å². The Morgan fingerprint density at radius 1 is 1.08 bits per heavy atom. The predicted molar refractivity (Wildman–Crippen MR) is 96.3 cm³/mol. The lowest BCUT2D eigenvalue weighted by Gasteiger charge is -2.35. The van der Waals surface area contributed by atoms with Gasteiger partial charge in [-0.3, -0.25) is 9.59 Å². The molecule has 0 saturated heterocycles. The summed E-state index contributed by atoms with van der Waals surface area (Å²) in [6.45, 7) is 2.24. The van der Waals surface area contributed by atoms with Crippen LogP contribution in [0.3, 0.4) is 0 Å². The van der Waals surface area contributed by atoms with Gasteiger partial charge in [0, 0.05) is 18.9 Å². The number of carbonyl (C=O) groups excluding carboxylic acids is 2. The van der Waals surface area contributed by atoms with Gasteiger partial charge in [-0.25, -0.2) is 0 Å². The number of carbonyl (C=O) groups is 2. The quantitative estimate of drug-likeness (QED) is 0.901. The lowest BCUT2D eigenvalue weighted by molar-refractivity contribution is -0.129. The first kappa shape index (κ1) is 16.4. The maximum Gasteiger partial charge on any atom is 0.263 e. The zero-order valence-electron chi connectivity index (χ0n) is 14.5. The van der Waals surface area contributed by atoms with Gasteiger partial charge in [-0.15, -0.1) is 0 Å². The van der Waals surface area contributed by atoms with Crippen LogP contribution in [-0.2, 0) is 9.59 Å². The Morgan fingerprint density at radius 3 is 2.62 bits per heavy atom. The molecule has 2 aliphatic heterocycles. The first-order chi connectivity index (χ1) is 12.6. The van der Waals surface area contributed by atoms with Crippen molar-refractivity contribution in [1.82, 2.24) is 5.32 Å². The second kappa shape index (κ2) is 6.71. The molecule has 2 aliphatic rings. The standard InChI is InChI=1S/C20H20N2O4/c1-13(23)22-12-19(26-18-9-5-3-7-16(18)22)20(24)21-15-10-11-25-17-8-4-2-6-14(15)17/h2-9,15,19H,10-12H2,1H3,(H,21,24)/t15-,19-/m0/s1. The summed E-state index contributed by atoms with van der Waals surface area (Å²) in [6, 6.07) is 14.8. The normalized spacial score (nSPS) is 20.9. The minimum atomic E-state index is -0.746. The molecular weight excluding hydrogens is 332 g/mol. The molecule has 2 aromatic carbocycles. The fraction of sp³-hybridized carbons (Fsp3) is 0.300. The van der Waals surface area contributed by atoms with E-state index in [1.165, 1.54) is 6.92 Å². The van der Waals surface area contributed by atoms with Crippen molar-refractivity contribution < 1.29 is 19.1 Å². The molecule has 4 rings (SSSR count). The molecular formula is C20H20N2O4. The van der Waals surface area contributed by atoms with Gasteiger partial charge < -0.3 is 19.7 Å². The summed E-state index contributed by atoms with van der Waals surface area (Å²) in [5.74, 6) is 0.994. The average molecular weight is 352 g/mol. The number of fused-ring (bicyclic) bond motifs is 2. The Balaban J connectivity index is 1.54. The molecule has 2 amide bonds. The summed E-state index contributed by atoms with van der Waals surface area (Å²) < 4.78 is 11.5. The number of para-hydroxylation sites is 3. The van der Waals surface area contributed by atoms with E-state index in [0.29, 0.717) is 24.5 Å². The average Bonchev–Trinajstić information content (AvgIpc) is 2.67. The number of hydrogen-bond donors (Lipinski definition) is 1. The molecule has 6 heteroatoms. The highest BCUT2D eigenvalue weighted by atomic mass is 16.5. The van der Waals surface area contributed by atoms with E-state index in [9.17, 15) is 9.59 Å². The van der Waals surface area contributed by atoms with Crippen molar-refractivity contribution in [2.75, 3.05) is 18.1 Å². The minimum absolute atomic E-state index is 0.116. The summed E-state index contributed by atoms with van der Waals surface area (Å²) >= 11 is 0. The SMILES string of the molecule is CC(=O)N1C[C@@H](C(=O)N[C@H]2CCOc3ccccc32)Oc2ccccc21. The van der Waals surface area contributed by atoms with E-state index in [1.54, 1.807) is 11.0 Å². The summed E-state index contributed by atoms with van der Waals surface area (Å²) in [5.41, 5.74) is 1.66. The van der Waals surface area contributed by atoms with Crippen molar-refractivity contribution >= 4 is 17.5 Å². The molecule has 134 valence electrons. The monoisotopic (exact) mass is 352 g/mol. The Hall–Kier alpha value is -3.02. The van der Waals surface area contributed by atoms with Crippen LogP contribution in [-0.4, -0.2) is 31.1 Å². The van der Waals surface area contributed by atoms with Crippen LogP contribution < -0.4 is 19.7 Å². The van der Waals surface area contributed by atoms with Gasteiger partial charge in [0.2, 0.25) is 5.91 Å². The van der Waals surface area contributed by atoms with Crippen molar-refractivity contribution in [2.24, 2.45) is 0 Å². The zero-order valence-corrected chi connectivity index (χ0v) is 14.5. The second-order valence-electron chi connectivity index (χ2n) is 6.44. The molecule has 0 fully saturated rings. The van der Waals surface area contributed by atoms with Crippen molar-refractivity contribution in [3.05, 3.63) is 54.1 Å². The van der Waals surface area contributed by atoms with Crippen molar-refractivity contribution in [3.63, 3.8) is 0 Å². The fourth-order valence-electron chi connectivity index (χ4n) is 3.43. The van der Waals surface area contributed by atoms with Gasteiger partial charge in [0.1, 0.15) is 11.5 Å². The highest BCUT2D eigenvalue weighted by Gasteiger charge is 2.34. The summed E-state index contributed by atoms with van der Waals surface area (Å²) in [4.78, 5) is 26.4. The second-order valence-corrected chi connectivity index (χ2v) is 6.44. The Morgan fingerprint density at radius 2 is 1.81 bits per heavy atom. The number of nitrogens with zero attached hydrogens (tertiary/aromatic N) is 1. The molecule has 0 bridgehead atoms. The molecule has 0 unspecified atom stereocenters. The largest absolute Gasteiger partial charge is 0.493 e. The van der Waals surface area contributed by atoms with Crippen LogP contribution in [0.15, 0.2) is 48.5 Å². The number of nitrogens with one attached hydrogen (secondary N) is 1. The summed E-state index contributed by atoms with van der Waals surface area (Å²) in [7, 11) is 0. The van der Waals surface area contributed by atoms with Crippen molar-refractivity contribution in [2.45, 2.75) is 25.5 Å². The number of benzene rings is 2. The van der Waals surface area contributed by atoms with Gasteiger partial charge in [0.05, 0.1) is 24.9 Å². The van der Waals surface area contributed by atoms with Gasteiger partial charge in [-0.1, -0.05) is 30.3 Å². The first-order valence-corrected chi connectivity index (χ1v) is 8.69. The molecule has 26 heavy (non-hydrogen) atoms. The number of ether oxygens (including phenoxy) is 2. The van der Waals surface area contributed by atoms with Crippen LogP contribution in [0.25, 0.3) is 0 Å². The minimum Gasteiger partial charge on any atom is -0.493 e. The lowest BCUT2D eigenvalue weighted by Crippen LogP contribution is -2.51. The van der Waals surface area contributed by atoms with Gasteiger partial charge in [-0.2, -0.15) is 0 Å². The molecule has 1 N–H and O–H groups in total. The molecule has 2 atom stereocenters. The molecule has 2 heterocycles. The number of rotatable bonds is 2. The van der Waals surface area contributed by atoms with Gasteiger partial charge in [-0.05, 0) is 18.2 Å². The highest BCUT2D eigenvalue weighted by molar-refractivity contribution is 5.96. The Labute approximate surface area is 151 Å². The summed E-state index contributed by atoms with van der Waals surface area (Å²) in [6.07, 6.45) is -0.0496. The third-order valence-corrected chi connectivity index (χ3v) is 4.72. The summed E-state index contributed by atoms with van der Waals surface area (Å²) in [5, 5.41) is 3.05. The molecule has 2 aromatic rings. The molecule has 0 aromatic heterocycles. The topological polar surface area (TPSA) is 67.9 Å². The van der Waals surface area contributed by atoms with Gasteiger partial charge >= 0.3 is 0 Å². The van der Waals surface area contributed by atoms with Crippen molar-refractivity contribution in [1.29, 1.82) is 0 Å². The maximum absolute atomic E-state index is 12.8. The van der Waals surface area contributed by atoms with E-state index < -0.39 is 6.10 Å². The molecule has 0 aliphatic carbocycles. The van der Waals surface area contributed by atoms with Gasteiger partial charge in [0.25, 0.3) is 5.91 Å². The Bertz CT molecular complexity index is 851. The molecule has 0 spiro atoms. The maximum atomic E-state index is 12.8. The third kappa shape index (κ3) is 2.98. The molecule has 0 radical (unpaired) electrons. The van der Waals surface area contributed by atoms with E-state index in [4.69, 9.17) is 9.47 Å². The number of hydrogen-bond acceptors (Lipinski definition) is 4. The predicted octanol–water partition coefficient (Wildman–Crippen LogP) is 2.44. The van der Waals surface area contributed by atoms with Crippen LogP contribution in [0.4, 0.5) is 5.69 Å². The fourth-order valence-corrected chi connectivity index (χ4v) is 3.43. The number of anilines is 1. The third-order valence-electron chi connectivity index (χ3n) is 4.72. The van der Waals surface area contributed by atoms with E-state index in [1.807, 2.05) is 42.5 Å². The van der Waals surface area contributed by atoms with Crippen molar-refractivity contribution in [3.8, 4) is 11.5 Å². The zero-order chi connectivity index (χ0) is 18.1. The van der Waals surface area contributed by atoms with E-state index in [-0.39, 0.29) is 24.4 Å². The van der Waals surface area contributed by atoms with Crippen LogP contribution >= 0.6 is 0 Å². The Kier molecular flexibility index (Phi) is 4.24. The van der Waals surface area contributed by atoms with E-state index in [0.717, 1.165) is 11.3 Å². The van der Waals surface area contributed by atoms with E-state index in [2.05, 4.69) is 5.32 Å². The molecule has 0 saturated carbocycles. The van der Waals surface area contributed by atoms with Crippen LogP contribution in [0.2, 0.25) is 0 Å².